The molecule has 0 fully saturated rings. The summed E-state index contributed by atoms with van der Waals surface area (Å²) in [5, 5.41) is 9.93. The van der Waals surface area contributed by atoms with Gasteiger partial charge in [0.2, 0.25) is 20.9 Å². The number of rotatable bonds is 5. The lowest BCUT2D eigenvalue weighted by molar-refractivity contribution is 0.587. The van der Waals surface area contributed by atoms with Crippen LogP contribution in [0.25, 0.3) is 0 Å². The zero-order valence-electron chi connectivity index (χ0n) is 15.4. The number of anilines is 2. The summed E-state index contributed by atoms with van der Waals surface area (Å²) in [5.74, 6) is 0.144. The predicted molar refractivity (Wildman–Crippen MR) is 105 cm³/mol. The fourth-order valence-corrected chi connectivity index (χ4v) is 5.45. The van der Waals surface area contributed by atoms with Crippen molar-refractivity contribution >= 4 is 21.5 Å². The SMILES string of the molecule is O=S(=O)(Cc1cccnc1)c1nc(Nc2c3c(cc4c2CCC4)CCC3)n[nH]1. The molecule has 0 saturated heterocycles. The summed E-state index contributed by atoms with van der Waals surface area (Å²) in [6.07, 6.45) is 9.78. The Hall–Kier alpha value is -2.74. The number of benzene rings is 1. The van der Waals surface area contributed by atoms with Crippen molar-refractivity contribution in [2.45, 2.75) is 49.4 Å². The molecule has 0 atom stereocenters. The van der Waals surface area contributed by atoms with Crippen molar-refractivity contribution in [3.05, 3.63) is 58.4 Å². The first-order chi connectivity index (χ1) is 13.6. The maximum absolute atomic E-state index is 12.7. The molecular weight excluding hydrogens is 374 g/mol. The first kappa shape index (κ1) is 17.4. The van der Waals surface area contributed by atoms with Crippen LogP contribution >= 0.6 is 0 Å². The number of H-pyrrole nitrogens is 1. The van der Waals surface area contributed by atoms with Crippen LogP contribution < -0.4 is 5.32 Å². The minimum Gasteiger partial charge on any atom is -0.322 e. The number of nitrogens with one attached hydrogen (secondary N) is 2. The van der Waals surface area contributed by atoms with E-state index in [1.165, 1.54) is 22.3 Å². The molecule has 8 heteroatoms. The van der Waals surface area contributed by atoms with Gasteiger partial charge in [0.25, 0.3) is 0 Å². The summed E-state index contributed by atoms with van der Waals surface area (Å²) in [5.41, 5.74) is 7.20. The Morgan fingerprint density at radius 3 is 2.50 bits per heavy atom. The molecule has 0 bridgehead atoms. The third-order valence-corrected chi connectivity index (χ3v) is 7.03. The Kier molecular flexibility index (Phi) is 4.16. The molecule has 7 nitrogen and oxygen atoms in total. The van der Waals surface area contributed by atoms with Gasteiger partial charge in [-0.3, -0.25) is 4.98 Å². The molecule has 0 spiro atoms. The molecule has 28 heavy (non-hydrogen) atoms. The van der Waals surface area contributed by atoms with Crippen molar-refractivity contribution in [1.82, 2.24) is 20.2 Å². The van der Waals surface area contributed by atoms with Gasteiger partial charge in [-0.25, -0.2) is 13.5 Å². The Morgan fingerprint density at radius 2 is 1.82 bits per heavy atom. The first-order valence-corrected chi connectivity index (χ1v) is 11.2. The van der Waals surface area contributed by atoms with Crippen molar-refractivity contribution in [2.24, 2.45) is 0 Å². The number of hydrogen-bond donors (Lipinski definition) is 2. The van der Waals surface area contributed by atoms with Crippen LogP contribution in [0.2, 0.25) is 0 Å². The fraction of sp³-hybridized carbons (Fsp3) is 0.350. The maximum atomic E-state index is 12.7. The molecule has 2 aromatic heterocycles. The molecule has 5 rings (SSSR count). The zero-order chi connectivity index (χ0) is 19.1. The van der Waals surface area contributed by atoms with Crippen LogP contribution in [0.4, 0.5) is 11.6 Å². The van der Waals surface area contributed by atoms with Crippen molar-refractivity contribution in [3.8, 4) is 0 Å². The highest BCUT2D eigenvalue weighted by Crippen LogP contribution is 2.39. The number of pyridine rings is 1. The van der Waals surface area contributed by atoms with E-state index in [9.17, 15) is 8.42 Å². The number of hydrogen-bond acceptors (Lipinski definition) is 6. The molecule has 2 aliphatic rings. The number of nitrogens with zero attached hydrogens (tertiary/aromatic N) is 3. The monoisotopic (exact) mass is 395 g/mol. The van der Waals surface area contributed by atoms with Gasteiger partial charge in [0, 0.05) is 18.1 Å². The van der Waals surface area contributed by atoms with Gasteiger partial charge < -0.3 is 5.32 Å². The highest BCUT2D eigenvalue weighted by molar-refractivity contribution is 7.90. The minimum absolute atomic E-state index is 0.122. The molecule has 2 heterocycles. The quantitative estimate of drug-likeness (QED) is 0.689. The number of aromatic amines is 1. The van der Waals surface area contributed by atoms with Gasteiger partial charge in [-0.1, -0.05) is 12.1 Å². The van der Waals surface area contributed by atoms with Crippen LogP contribution in [0.5, 0.6) is 0 Å². The summed E-state index contributed by atoms with van der Waals surface area (Å²) in [7, 11) is -3.62. The predicted octanol–water partition coefficient (Wildman–Crippen LogP) is 2.89. The van der Waals surface area contributed by atoms with Gasteiger partial charge in [-0.15, -0.1) is 5.10 Å². The Bertz CT molecular complexity index is 1110. The zero-order valence-corrected chi connectivity index (χ0v) is 16.2. The average molecular weight is 395 g/mol. The summed E-state index contributed by atoms with van der Waals surface area (Å²) in [4.78, 5) is 8.21. The molecule has 3 aromatic rings. The molecule has 2 aliphatic carbocycles. The number of aromatic nitrogens is 4. The van der Waals surface area contributed by atoms with Crippen LogP contribution in [0.1, 0.15) is 40.7 Å². The van der Waals surface area contributed by atoms with Crippen LogP contribution in [-0.4, -0.2) is 28.6 Å². The van der Waals surface area contributed by atoms with Crippen molar-refractivity contribution in [1.29, 1.82) is 0 Å². The van der Waals surface area contributed by atoms with Gasteiger partial charge in [0.1, 0.15) is 0 Å². The van der Waals surface area contributed by atoms with Crippen LogP contribution in [-0.2, 0) is 41.3 Å². The summed E-state index contributed by atoms with van der Waals surface area (Å²) in [6.45, 7) is 0. The van der Waals surface area contributed by atoms with E-state index >= 15 is 0 Å². The highest BCUT2D eigenvalue weighted by atomic mass is 32.2. The van der Waals surface area contributed by atoms with Gasteiger partial charge in [-0.05, 0) is 72.4 Å². The largest absolute Gasteiger partial charge is 0.322 e. The third kappa shape index (κ3) is 3.07. The lowest BCUT2D eigenvalue weighted by Gasteiger charge is -2.15. The first-order valence-electron chi connectivity index (χ1n) is 9.58. The summed E-state index contributed by atoms with van der Waals surface area (Å²) in [6, 6.07) is 5.81. The molecule has 2 N–H and O–H groups in total. The summed E-state index contributed by atoms with van der Waals surface area (Å²) >= 11 is 0. The van der Waals surface area contributed by atoms with Crippen LogP contribution in [0.15, 0.2) is 35.7 Å². The maximum Gasteiger partial charge on any atom is 0.247 e. The molecular formula is C20H21N5O2S. The third-order valence-electron chi connectivity index (χ3n) is 5.55. The standard InChI is InChI=1S/C20H21N5O2S/c26-28(27,12-13-4-3-9-21-11-13)20-23-19(24-25-20)22-18-16-7-1-5-14(16)10-15-6-2-8-17(15)18/h3-4,9-11H,1-2,5-8,12H2,(H2,22,23,24,25). The number of fused-ring (bicyclic) bond motifs is 2. The normalized spacial score (nSPS) is 15.4. The fourth-order valence-electron chi connectivity index (χ4n) is 4.29. The van der Waals surface area contributed by atoms with Gasteiger partial charge in [0.15, 0.2) is 0 Å². The molecule has 0 unspecified atom stereocenters. The lowest BCUT2D eigenvalue weighted by Crippen LogP contribution is -2.07. The topological polar surface area (TPSA) is 101 Å². The molecule has 0 aliphatic heterocycles. The Labute approximate surface area is 163 Å². The van der Waals surface area contributed by atoms with Crippen molar-refractivity contribution < 1.29 is 8.42 Å². The van der Waals surface area contributed by atoms with Crippen molar-refractivity contribution in [3.63, 3.8) is 0 Å². The summed E-state index contributed by atoms with van der Waals surface area (Å²) < 4.78 is 25.3. The van der Waals surface area contributed by atoms with E-state index in [-0.39, 0.29) is 10.9 Å². The van der Waals surface area contributed by atoms with E-state index in [4.69, 9.17) is 0 Å². The Balaban J connectivity index is 1.44. The Morgan fingerprint density at radius 1 is 1.07 bits per heavy atom. The number of sulfone groups is 1. The average Bonchev–Trinajstić information content (AvgIpc) is 3.42. The second-order valence-electron chi connectivity index (χ2n) is 7.44. The van der Waals surface area contributed by atoms with E-state index in [1.807, 2.05) is 0 Å². The van der Waals surface area contributed by atoms with Crippen LogP contribution in [0.3, 0.4) is 0 Å². The van der Waals surface area contributed by atoms with Gasteiger partial charge in [0.05, 0.1) is 5.75 Å². The van der Waals surface area contributed by atoms with Gasteiger partial charge >= 0.3 is 0 Å². The molecule has 144 valence electrons. The molecule has 0 saturated carbocycles. The van der Waals surface area contributed by atoms with Gasteiger partial charge in [-0.2, -0.15) is 4.98 Å². The molecule has 0 radical (unpaired) electrons. The highest BCUT2D eigenvalue weighted by Gasteiger charge is 2.26. The van der Waals surface area contributed by atoms with E-state index < -0.39 is 9.84 Å². The number of aryl methyl sites for hydroxylation is 2. The lowest BCUT2D eigenvalue weighted by atomic mass is 9.99. The second-order valence-corrected chi connectivity index (χ2v) is 9.35. The second kappa shape index (κ2) is 6.70. The van der Waals surface area contributed by atoms with E-state index in [1.54, 1.807) is 24.5 Å². The van der Waals surface area contributed by atoms with Crippen molar-refractivity contribution in [2.75, 3.05) is 5.32 Å². The van der Waals surface area contributed by atoms with E-state index in [2.05, 4.69) is 31.5 Å². The smallest absolute Gasteiger partial charge is 0.247 e. The molecule has 0 amide bonds. The van der Waals surface area contributed by atoms with E-state index in [0.29, 0.717) is 11.5 Å². The van der Waals surface area contributed by atoms with E-state index in [0.717, 1.165) is 44.2 Å². The minimum atomic E-state index is -3.62. The van der Waals surface area contributed by atoms with Crippen LogP contribution in [0, 0.1) is 0 Å². The molecule has 1 aromatic carbocycles.